The molecule has 5 heteroatoms. The molecule has 1 aliphatic heterocycles. The number of carbonyl (C=O) groups is 2. The zero-order valence-electron chi connectivity index (χ0n) is 12.7. The molecule has 0 saturated carbocycles. The Morgan fingerprint density at radius 1 is 1.40 bits per heavy atom. The Morgan fingerprint density at radius 2 is 2.00 bits per heavy atom. The fraction of sp³-hybridized carbons (Fsp3) is 0.800. The van der Waals surface area contributed by atoms with Crippen LogP contribution in [0.1, 0.15) is 52.9 Å². The molecule has 2 amide bonds. The van der Waals surface area contributed by atoms with Gasteiger partial charge in [0.05, 0.1) is 6.07 Å². The second kappa shape index (κ2) is 7.28. The minimum Gasteiger partial charge on any atom is -0.353 e. The summed E-state index contributed by atoms with van der Waals surface area (Å²) in [6.07, 6.45) is 3.28. The van der Waals surface area contributed by atoms with E-state index in [2.05, 4.69) is 11.4 Å². The van der Waals surface area contributed by atoms with Crippen LogP contribution < -0.4 is 5.32 Å². The molecule has 0 spiro atoms. The number of carbonyl (C=O) groups excluding carboxylic acids is 2. The summed E-state index contributed by atoms with van der Waals surface area (Å²) in [7, 11) is 0. The first kappa shape index (κ1) is 16.5. The van der Waals surface area contributed by atoms with Crippen molar-refractivity contribution in [3.8, 4) is 6.07 Å². The van der Waals surface area contributed by atoms with Crippen molar-refractivity contribution in [3.05, 3.63) is 0 Å². The number of hydrogen-bond donors (Lipinski definition) is 1. The van der Waals surface area contributed by atoms with Gasteiger partial charge in [0.1, 0.15) is 11.5 Å². The first-order valence-corrected chi connectivity index (χ1v) is 7.56. The average molecular weight is 279 g/mol. The summed E-state index contributed by atoms with van der Waals surface area (Å²) in [6.45, 7) is 6.83. The zero-order valence-corrected chi connectivity index (χ0v) is 12.7. The maximum absolute atomic E-state index is 12.9. The Kier molecular flexibility index (Phi) is 6.00. The zero-order chi connectivity index (χ0) is 15.2. The molecule has 0 aromatic rings. The van der Waals surface area contributed by atoms with Crippen LogP contribution in [0.15, 0.2) is 0 Å². The highest BCUT2D eigenvalue weighted by Gasteiger charge is 2.44. The normalized spacial score (nSPS) is 19.4. The first-order valence-electron chi connectivity index (χ1n) is 7.56. The Labute approximate surface area is 121 Å². The lowest BCUT2D eigenvalue weighted by Crippen LogP contribution is -2.59. The Balaban J connectivity index is 3.04. The van der Waals surface area contributed by atoms with Gasteiger partial charge in [0, 0.05) is 13.1 Å². The first-order chi connectivity index (χ1) is 9.56. The molecule has 20 heavy (non-hydrogen) atoms. The van der Waals surface area contributed by atoms with E-state index in [0.717, 1.165) is 12.8 Å². The average Bonchev–Trinajstić information content (AvgIpc) is 2.45. The van der Waals surface area contributed by atoms with Gasteiger partial charge >= 0.3 is 0 Å². The van der Waals surface area contributed by atoms with E-state index in [1.165, 1.54) is 0 Å². The molecule has 5 nitrogen and oxygen atoms in total. The van der Waals surface area contributed by atoms with Gasteiger partial charge in [-0.05, 0) is 19.3 Å². The van der Waals surface area contributed by atoms with Crippen molar-refractivity contribution in [2.75, 3.05) is 13.1 Å². The van der Waals surface area contributed by atoms with Crippen LogP contribution in [0.3, 0.4) is 0 Å². The van der Waals surface area contributed by atoms with Crippen LogP contribution in [0.25, 0.3) is 0 Å². The molecule has 1 atom stereocenters. The maximum atomic E-state index is 12.9. The summed E-state index contributed by atoms with van der Waals surface area (Å²) in [5, 5.41) is 12.4. The molecule has 1 aliphatic rings. The molecule has 1 rings (SSSR count). The summed E-state index contributed by atoms with van der Waals surface area (Å²) in [5.74, 6) is -0.266. The smallest absolute Gasteiger partial charge is 0.243 e. The van der Waals surface area contributed by atoms with Crippen LogP contribution in [-0.4, -0.2) is 35.8 Å². The standard InChI is InChI=1S/C15H25N3O2/c1-4-7-15(11-16,8-5-2)14(20)18-10-9-17-13(19)12(18)6-3/h12H,4-10H2,1-3H3,(H,17,19). The molecular formula is C15H25N3O2. The van der Waals surface area contributed by atoms with Gasteiger partial charge in [0.15, 0.2) is 0 Å². The molecule has 1 unspecified atom stereocenters. The van der Waals surface area contributed by atoms with Crippen molar-refractivity contribution in [3.63, 3.8) is 0 Å². The summed E-state index contributed by atoms with van der Waals surface area (Å²) >= 11 is 0. The van der Waals surface area contributed by atoms with Gasteiger partial charge in [0.2, 0.25) is 11.8 Å². The third kappa shape index (κ3) is 3.12. The minimum atomic E-state index is -0.964. The van der Waals surface area contributed by atoms with Crippen molar-refractivity contribution in [1.29, 1.82) is 5.26 Å². The third-order valence-electron chi connectivity index (χ3n) is 3.96. The molecule has 112 valence electrons. The second-order valence-electron chi connectivity index (χ2n) is 5.41. The van der Waals surface area contributed by atoms with E-state index in [4.69, 9.17) is 0 Å². The molecule has 1 fully saturated rings. The highest BCUT2D eigenvalue weighted by Crippen LogP contribution is 2.33. The summed E-state index contributed by atoms with van der Waals surface area (Å²) in [4.78, 5) is 26.4. The van der Waals surface area contributed by atoms with E-state index in [9.17, 15) is 14.9 Å². The fourth-order valence-electron chi connectivity index (χ4n) is 2.99. The van der Waals surface area contributed by atoms with Crippen LogP contribution in [-0.2, 0) is 9.59 Å². The van der Waals surface area contributed by atoms with Gasteiger partial charge in [-0.15, -0.1) is 0 Å². The second-order valence-corrected chi connectivity index (χ2v) is 5.41. The number of hydrogen-bond acceptors (Lipinski definition) is 3. The van der Waals surface area contributed by atoms with E-state index < -0.39 is 11.5 Å². The Hall–Kier alpha value is -1.57. The van der Waals surface area contributed by atoms with Crippen molar-refractivity contribution in [1.82, 2.24) is 10.2 Å². The Morgan fingerprint density at radius 3 is 2.45 bits per heavy atom. The maximum Gasteiger partial charge on any atom is 0.243 e. The summed E-state index contributed by atoms with van der Waals surface area (Å²) in [6, 6.07) is 1.82. The molecule has 0 aromatic carbocycles. The van der Waals surface area contributed by atoms with E-state index >= 15 is 0 Å². The van der Waals surface area contributed by atoms with Crippen molar-refractivity contribution < 1.29 is 9.59 Å². The van der Waals surface area contributed by atoms with Gasteiger partial charge < -0.3 is 10.2 Å². The van der Waals surface area contributed by atoms with Crippen LogP contribution in [0.2, 0.25) is 0 Å². The van der Waals surface area contributed by atoms with E-state index in [-0.39, 0.29) is 11.8 Å². The molecule has 0 radical (unpaired) electrons. The number of piperazine rings is 1. The molecule has 0 aromatic heterocycles. The van der Waals surface area contributed by atoms with Crippen LogP contribution >= 0.6 is 0 Å². The number of nitriles is 1. The minimum absolute atomic E-state index is 0.105. The lowest BCUT2D eigenvalue weighted by Gasteiger charge is -2.39. The quantitative estimate of drug-likeness (QED) is 0.806. The van der Waals surface area contributed by atoms with E-state index in [1.54, 1.807) is 4.90 Å². The summed E-state index contributed by atoms with van der Waals surface area (Å²) < 4.78 is 0. The number of amides is 2. The Bertz CT molecular complexity index is 394. The van der Waals surface area contributed by atoms with Crippen molar-refractivity contribution >= 4 is 11.8 Å². The molecule has 0 bridgehead atoms. The predicted octanol–water partition coefficient (Wildman–Crippen LogP) is 1.83. The molecular weight excluding hydrogens is 254 g/mol. The number of rotatable bonds is 6. The van der Waals surface area contributed by atoms with Gasteiger partial charge in [-0.2, -0.15) is 5.26 Å². The van der Waals surface area contributed by atoms with Crippen molar-refractivity contribution in [2.24, 2.45) is 5.41 Å². The van der Waals surface area contributed by atoms with Gasteiger partial charge in [-0.1, -0.05) is 33.6 Å². The van der Waals surface area contributed by atoms with Gasteiger partial charge in [-0.25, -0.2) is 0 Å². The number of nitrogens with one attached hydrogen (secondary N) is 1. The molecule has 0 aliphatic carbocycles. The van der Waals surface area contributed by atoms with Crippen LogP contribution in [0.5, 0.6) is 0 Å². The largest absolute Gasteiger partial charge is 0.353 e. The molecule has 1 heterocycles. The topological polar surface area (TPSA) is 73.2 Å². The lowest BCUT2D eigenvalue weighted by atomic mass is 9.78. The monoisotopic (exact) mass is 279 g/mol. The van der Waals surface area contributed by atoms with E-state index in [1.807, 2.05) is 20.8 Å². The summed E-state index contributed by atoms with van der Waals surface area (Å²) in [5.41, 5.74) is -0.964. The van der Waals surface area contributed by atoms with Crippen LogP contribution in [0, 0.1) is 16.7 Å². The highest BCUT2D eigenvalue weighted by molar-refractivity contribution is 5.92. The molecule has 1 N–H and O–H groups in total. The van der Waals surface area contributed by atoms with Crippen LogP contribution in [0.4, 0.5) is 0 Å². The predicted molar refractivity (Wildman–Crippen MR) is 76.7 cm³/mol. The fourth-order valence-corrected chi connectivity index (χ4v) is 2.99. The number of nitrogens with zero attached hydrogens (tertiary/aromatic N) is 2. The SMILES string of the molecule is CCCC(C#N)(CCC)C(=O)N1CCNC(=O)C1CC. The molecule has 1 saturated heterocycles. The van der Waals surface area contributed by atoms with Crippen molar-refractivity contribution in [2.45, 2.75) is 58.9 Å². The van der Waals surface area contributed by atoms with Gasteiger partial charge in [-0.3, -0.25) is 9.59 Å². The third-order valence-corrected chi connectivity index (χ3v) is 3.96. The van der Waals surface area contributed by atoms with E-state index in [0.29, 0.717) is 32.4 Å². The highest BCUT2D eigenvalue weighted by atomic mass is 16.2. The lowest BCUT2D eigenvalue weighted by molar-refractivity contribution is -0.149. The van der Waals surface area contributed by atoms with Gasteiger partial charge in [0.25, 0.3) is 0 Å².